The Hall–Kier alpha value is -2.73. The molecule has 0 bridgehead atoms. The zero-order valence-electron chi connectivity index (χ0n) is 19.1. The van der Waals surface area contributed by atoms with Crippen molar-refractivity contribution < 1.29 is 9.47 Å². The summed E-state index contributed by atoms with van der Waals surface area (Å²) in [5.74, 6) is 2.26. The standard InChI is InChI=1S/C25H36N4O2/c1-4-26-25(28-18-22-9-8-10-23(30-2)24(22)31-3)27-17-20-11-13-21(14-12-20)19-29-15-6-5-7-16-29/h8-14H,4-7,15-19H2,1-3H3,(H2,26,27,28). The van der Waals surface area contributed by atoms with E-state index in [-0.39, 0.29) is 0 Å². The van der Waals surface area contributed by atoms with Crippen molar-refractivity contribution in [3.63, 3.8) is 0 Å². The summed E-state index contributed by atoms with van der Waals surface area (Å²) < 4.78 is 10.9. The van der Waals surface area contributed by atoms with Gasteiger partial charge < -0.3 is 20.1 Å². The van der Waals surface area contributed by atoms with Crippen LogP contribution in [0, 0.1) is 0 Å². The van der Waals surface area contributed by atoms with E-state index in [1.165, 1.54) is 43.5 Å². The van der Waals surface area contributed by atoms with Crippen molar-refractivity contribution in [2.45, 2.75) is 45.8 Å². The number of guanidine groups is 1. The van der Waals surface area contributed by atoms with E-state index < -0.39 is 0 Å². The molecule has 0 saturated carbocycles. The highest BCUT2D eigenvalue weighted by molar-refractivity contribution is 5.79. The van der Waals surface area contributed by atoms with Gasteiger partial charge in [-0.25, -0.2) is 4.99 Å². The lowest BCUT2D eigenvalue weighted by Gasteiger charge is -2.26. The SMILES string of the molecule is CCNC(=NCc1ccc(CN2CCCCC2)cc1)NCc1cccc(OC)c1OC. The van der Waals surface area contributed by atoms with Crippen molar-refractivity contribution in [3.8, 4) is 11.5 Å². The summed E-state index contributed by atoms with van der Waals surface area (Å²) in [5, 5.41) is 6.71. The number of rotatable bonds is 9. The molecule has 0 radical (unpaired) electrons. The molecule has 6 nitrogen and oxygen atoms in total. The lowest BCUT2D eigenvalue weighted by atomic mass is 10.1. The predicted molar refractivity (Wildman–Crippen MR) is 127 cm³/mol. The maximum Gasteiger partial charge on any atom is 0.191 e. The zero-order chi connectivity index (χ0) is 21.9. The van der Waals surface area contributed by atoms with E-state index in [1.54, 1.807) is 14.2 Å². The molecule has 1 aliphatic rings. The highest BCUT2D eigenvalue weighted by atomic mass is 16.5. The second-order valence-corrected chi connectivity index (χ2v) is 7.85. The lowest BCUT2D eigenvalue weighted by molar-refractivity contribution is 0.221. The minimum atomic E-state index is 0.598. The summed E-state index contributed by atoms with van der Waals surface area (Å²) in [6.07, 6.45) is 4.03. The number of hydrogen-bond acceptors (Lipinski definition) is 4. The van der Waals surface area contributed by atoms with Gasteiger partial charge in [-0.3, -0.25) is 4.90 Å². The Morgan fingerprint density at radius 1 is 0.935 bits per heavy atom. The Balaban J connectivity index is 1.58. The van der Waals surface area contributed by atoms with Gasteiger partial charge in [0.05, 0.1) is 20.8 Å². The van der Waals surface area contributed by atoms with Gasteiger partial charge in [0.1, 0.15) is 0 Å². The van der Waals surface area contributed by atoms with Crippen LogP contribution < -0.4 is 20.1 Å². The van der Waals surface area contributed by atoms with E-state index in [0.29, 0.717) is 13.1 Å². The Kier molecular flexibility index (Phi) is 9.03. The number of benzene rings is 2. The number of likely N-dealkylation sites (tertiary alicyclic amines) is 1. The highest BCUT2D eigenvalue weighted by Gasteiger charge is 2.11. The first-order valence-corrected chi connectivity index (χ1v) is 11.3. The van der Waals surface area contributed by atoms with E-state index in [4.69, 9.17) is 14.5 Å². The number of methoxy groups -OCH3 is 2. The fourth-order valence-corrected chi connectivity index (χ4v) is 3.91. The van der Waals surface area contributed by atoms with Crippen LogP contribution in [0.1, 0.15) is 42.9 Å². The Morgan fingerprint density at radius 2 is 1.68 bits per heavy atom. The van der Waals surface area contributed by atoms with Crippen molar-refractivity contribution in [2.75, 3.05) is 33.9 Å². The lowest BCUT2D eigenvalue weighted by Crippen LogP contribution is -2.36. The average molecular weight is 425 g/mol. The van der Waals surface area contributed by atoms with Gasteiger partial charge in [0.15, 0.2) is 17.5 Å². The molecule has 31 heavy (non-hydrogen) atoms. The van der Waals surface area contributed by atoms with Crippen molar-refractivity contribution in [1.29, 1.82) is 0 Å². The second-order valence-electron chi connectivity index (χ2n) is 7.85. The Labute approximate surface area is 186 Å². The van der Waals surface area contributed by atoms with Crippen LogP contribution >= 0.6 is 0 Å². The van der Waals surface area contributed by atoms with Gasteiger partial charge in [-0.1, -0.05) is 42.8 Å². The Morgan fingerprint density at radius 3 is 2.35 bits per heavy atom. The summed E-state index contributed by atoms with van der Waals surface area (Å²) in [5.41, 5.74) is 3.61. The fourth-order valence-electron chi connectivity index (χ4n) is 3.91. The summed E-state index contributed by atoms with van der Waals surface area (Å²) in [6.45, 7) is 7.60. The summed E-state index contributed by atoms with van der Waals surface area (Å²) in [7, 11) is 3.31. The first-order chi connectivity index (χ1) is 15.2. The molecule has 6 heteroatoms. The van der Waals surface area contributed by atoms with Gasteiger partial charge in [-0.05, 0) is 50.0 Å². The molecule has 1 saturated heterocycles. The molecule has 0 spiro atoms. The maximum atomic E-state index is 5.53. The molecular formula is C25H36N4O2. The first kappa shape index (κ1) is 22.9. The van der Waals surface area contributed by atoms with Gasteiger partial charge in [0.2, 0.25) is 0 Å². The zero-order valence-corrected chi connectivity index (χ0v) is 19.1. The van der Waals surface area contributed by atoms with Crippen LogP contribution in [-0.2, 0) is 19.6 Å². The minimum absolute atomic E-state index is 0.598. The molecule has 2 aromatic carbocycles. The number of hydrogen-bond donors (Lipinski definition) is 2. The number of nitrogens with one attached hydrogen (secondary N) is 2. The monoisotopic (exact) mass is 424 g/mol. The van der Waals surface area contributed by atoms with Crippen LogP contribution in [0.5, 0.6) is 11.5 Å². The topological polar surface area (TPSA) is 58.1 Å². The van der Waals surface area contributed by atoms with Crippen LogP contribution in [0.15, 0.2) is 47.5 Å². The molecule has 1 fully saturated rings. The highest BCUT2D eigenvalue weighted by Crippen LogP contribution is 2.30. The maximum absolute atomic E-state index is 5.53. The average Bonchev–Trinajstić information content (AvgIpc) is 2.82. The second kappa shape index (κ2) is 12.2. The van der Waals surface area contributed by atoms with Crippen molar-refractivity contribution in [1.82, 2.24) is 15.5 Å². The first-order valence-electron chi connectivity index (χ1n) is 11.3. The van der Waals surface area contributed by atoms with Crippen molar-refractivity contribution >= 4 is 5.96 Å². The van der Waals surface area contributed by atoms with E-state index >= 15 is 0 Å². The molecule has 3 rings (SSSR count). The number of para-hydroxylation sites is 1. The number of aliphatic imine (C=N–C) groups is 1. The minimum Gasteiger partial charge on any atom is -0.493 e. The van der Waals surface area contributed by atoms with Gasteiger partial charge in [-0.2, -0.15) is 0 Å². The molecule has 168 valence electrons. The third-order valence-electron chi connectivity index (χ3n) is 5.57. The van der Waals surface area contributed by atoms with Crippen molar-refractivity contribution in [2.24, 2.45) is 4.99 Å². The molecule has 0 aromatic heterocycles. The van der Waals surface area contributed by atoms with Gasteiger partial charge in [-0.15, -0.1) is 0 Å². The number of ether oxygens (including phenoxy) is 2. The molecule has 0 amide bonds. The van der Waals surface area contributed by atoms with E-state index in [2.05, 4.69) is 46.7 Å². The third-order valence-corrected chi connectivity index (χ3v) is 5.57. The predicted octanol–water partition coefficient (Wildman–Crippen LogP) is 3.95. The van der Waals surface area contributed by atoms with Crippen LogP contribution in [-0.4, -0.2) is 44.7 Å². The Bertz CT molecular complexity index is 830. The van der Waals surface area contributed by atoms with E-state index in [1.807, 2.05) is 18.2 Å². The quantitative estimate of drug-likeness (QED) is 0.472. The van der Waals surface area contributed by atoms with Gasteiger partial charge in [0, 0.05) is 25.2 Å². The molecule has 0 atom stereocenters. The van der Waals surface area contributed by atoms with Crippen LogP contribution in [0.2, 0.25) is 0 Å². The summed E-state index contributed by atoms with van der Waals surface area (Å²) >= 11 is 0. The van der Waals surface area contributed by atoms with E-state index in [9.17, 15) is 0 Å². The number of nitrogens with zero attached hydrogens (tertiary/aromatic N) is 2. The molecule has 0 unspecified atom stereocenters. The molecule has 2 N–H and O–H groups in total. The van der Waals surface area contributed by atoms with Crippen molar-refractivity contribution in [3.05, 3.63) is 59.2 Å². The summed E-state index contributed by atoms with van der Waals surface area (Å²) in [6, 6.07) is 14.8. The largest absolute Gasteiger partial charge is 0.493 e. The smallest absolute Gasteiger partial charge is 0.191 e. The fraction of sp³-hybridized carbons (Fsp3) is 0.480. The molecule has 1 aliphatic heterocycles. The molecule has 1 heterocycles. The molecule has 0 aliphatic carbocycles. The summed E-state index contributed by atoms with van der Waals surface area (Å²) in [4.78, 5) is 7.31. The van der Waals surface area contributed by atoms with Crippen LogP contribution in [0.4, 0.5) is 0 Å². The molecule has 2 aromatic rings. The number of piperidine rings is 1. The normalized spacial score (nSPS) is 14.9. The van der Waals surface area contributed by atoms with E-state index in [0.717, 1.165) is 36.1 Å². The van der Waals surface area contributed by atoms with Gasteiger partial charge in [0.25, 0.3) is 0 Å². The molecular weight excluding hydrogens is 388 g/mol. The van der Waals surface area contributed by atoms with Gasteiger partial charge >= 0.3 is 0 Å². The van der Waals surface area contributed by atoms with Crippen LogP contribution in [0.3, 0.4) is 0 Å². The third kappa shape index (κ3) is 6.89. The van der Waals surface area contributed by atoms with Crippen LogP contribution in [0.25, 0.3) is 0 Å².